The number of methoxy groups -OCH3 is 1. The van der Waals surface area contributed by atoms with Crippen molar-refractivity contribution in [1.82, 2.24) is 0 Å². The van der Waals surface area contributed by atoms with Crippen molar-refractivity contribution in [3.63, 3.8) is 0 Å². The van der Waals surface area contributed by atoms with Crippen LogP contribution in [0.3, 0.4) is 0 Å². The average Bonchev–Trinajstić information content (AvgIpc) is 2.60. The number of hydrogen-bond donors (Lipinski definition) is 0. The maximum absolute atomic E-state index is 12.8. The summed E-state index contributed by atoms with van der Waals surface area (Å²) >= 11 is 0. The number of rotatable bonds is 4. The Morgan fingerprint density at radius 3 is 2.74 bits per heavy atom. The first-order valence-corrected chi connectivity index (χ1v) is 7.89. The molecule has 2 aromatic carbocycles. The average molecular weight is 311 g/mol. The van der Waals surface area contributed by atoms with Gasteiger partial charge < -0.3 is 14.4 Å². The monoisotopic (exact) mass is 311 g/mol. The molecule has 1 atom stereocenters. The van der Waals surface area contributed by atoms with Crippen LogP contribution in [0.25, 0.3) is 0 Å². The zero-order valence-electron chi connectivity index (χ0n) is 13.5. The molecule has 0 saturated carbocycles. The molecule has 0 aromatic heterocycles. The summed E-state index contributed by atoms with van der Waals surface area (Å²) in [5.41, 5.74) is 2.23. The summed E-state index contributed by atoms with van der Waals surface area (Å²) in [6.45, 7) is 2.53. The second-order valence-corrected chi connectivity index (χ2v) is 5.66. The number of hydrogen-bond acceptors (Lipinski definition) is 3. The third kappa shape index (κ3) is 3.31. The van der Waals surface area contributed by atoms with Gasteiger partial charge in [0.05, 0.1) is 7.11 Å². The molecule has 1 heterocycles. The van der Waals surface area contributed by atoms with Gasteiger partial charge in [-0.1, -0.05) is 24.3 Å². The third-order valence-corrected chi connectivity index (χ3v) is 4.08. The van der Waals surface area contributed by atoms with Crippen molar-refractivity contribution in [1.29, 1.82) is 0 Å². The standard InChI is InChI=1S/C19H21NO3/c1-14(23-17-10-5-9-16(13-17)22-2)19(21)20-12-6-8-15-7-3-4-11-18(15)20/h3-5,7,9-11,13-14H,6,8,12H2,1-2H3/t14-/m0/s1. The number of amides is 1. The van der Waals surface area contributed by atoms with Crippen molar-refractivity contribution in [3.8, 4) is 11.5 Å². The first kappa shape index (κ1) is 15.4. The number of carbonyl (C=O) groups is 1. The molecular formula is C19H21NO3. The second-order valence-electron chi connectivity index (χ2n) is 5.66. The summed E-state index contributed by atoms with van der Waals surface area (Å²) < 4.78 is 11.0. The molecule has 0 aliphatic carbocycles. The van der Waals surface area contributed by atoms with Crippen LogP contribution >= 0.6 is 0 Å². The largest absolute Gasteiger partial charge is 0.497 e. The van der Waals surface area contributed by atoms with Crippen LogP contribution < -0.4 is 14.4 Å². The van der Waals surface area contributed by atoms with Gasteiger partial charge in [-0.3, -0.25) is 4.79 Å². The quantitative estimate of drug-likeness (QED) is 0.868. The van der Waals surface area contributed by atoms with Gasteiger partial charge in [-0.05, 0) is 43.5 Å². The minimum atomic E-state index is -0.548. The first-order valence-electron chi connectivity index (χ1n) is 7.89. The lowest BCUT2D eigenvalue weighted by atomic mass is 10.0. The predicted molar refractivity (Wildman–Crippen MR) is 90.2 cm³/mol. The lowest BCUT2D eigenvalue weighted by molar-refractivity contribution is -0.124. The van der Waals surface area contributed by atoms with Crippen molar-refractivity contribution < 1.29 is 14.3 Å². The topological polar surface area (TPSA) is 38.8 Å². The van der Waals surface area contributed by atoms with Gasteiger partial charge in [-0.25, -0.2) is 0 Å². The normalized spacial score (nSPS) is 14.8. The maximum Gasteiger partial charge on any atom is 0.267 e. The molecule has 0 unspecified atom stereocenters. The van der Waals surface area contributed by atoms with E-state index in [4.69, 9.17) is 9.47 Å². The molecule has 3 rings (SSSR count). The summed E-state index contributed by atoms with van der Waals surface area (Å²) in [6, 6.07) is 15.4. The summed E-state index contributed by atoms with van der Waals surface area (Å²) in [4.78, 5) is 14.6. The van der Waals surface area contributed by atoms with Crippen LogP contribution in [0.5, 0.6) is 11.5 Å². The van der Waals surface area contributed by atoms with E-state index >= 15 is 0 Å². The third-order valence-electron chi connectivity index (χ3n) is 4.08. The highest BCUT2D eigenvalue weighted by molar-refractivity contribution is 5.97. The van der Waals surface area contributed by atoms with E-state index in [1.807, 2.05) is 41.3 Å². The molecule has 23 heavy (non-hydrogen) atoms. The Morgan fingerprint density at radius 2 is 1.91 bits per heavy atom. The minimum Gasteiger partial charge on any atom is -0.497 e. The van der Waals surface area contributed by atoms with E-state index in [1.54, 1.807) is 20.1 Å². The number of nitrogens with zero attached hydrogens (tertiary/aromatic N) is 1. The molecule has 0 spiro atoms. The lowest BCUT2D eigenvalue weighted by Gasteiger charge is -2.31. The number of ether oxygens (including phenoxy) is 2. The van der Waals surface area contributed by atoms with Gasteiger partial charge in [0, 0.05) is 18.3 Å². The number of fused-ring (bicyclic) bond motifs is 1. The molecule has 1 aliphatic heterocycles. The fourth-order valence-electron chi connectivity index (χ4n) is 2.91. The molecule has 0 N–H and O–H groups in total. The number of benzene rings is 2. The van der Waals surface area contributed by atoms with Gasteiger partial charge in [0.25, 0.3) is 5.91 Å². The highest BCUT2D eigenvalue weighted by Gasteiger charge is 2.27. The molecule has 120 valence electrons. The van der Waals surface area contributed by atoms with Crippen molar-refractivity contribution in [2.24, 2.45) is 0 Å². The Labute approximate surface area is 136 Å². The Morgan fingerprint density at radius 1 is 1.13 bits per heavy atom. The number of anilines is 1. The minimum absolute atomic E-state index is 0.0139. The van der Waals surface area contributed by atoms with E-state index in [-0.39, 0.29) is 5.91 Å². The van der Waals surface area contributed by atoms with E-state index in [0.29, 0.717) is 11.5 Å². The molecule has 4 heteroatoms. The zero-order valence-corrected chi connectivity index (χ0v) is 13.5. The fourth-order valence-corrected chi connectivity index (χ4v) is 2.91. The van der Waals surface area contributed by atoms with Crippen molar-refractivity contribution in [2.75, 3.05) is 18.6 Å². The van der Waals surface area contributed by atoms with E-state index < -0.39 is 6.10 Å². The summed E-state index contributed by atoms with van der Waals surface area (Å²) in [6.07, 6.45) is 1.45. The van der Waals surface area contributed by atoms with Crippen molar-refractivity contribution in [3.05, 3.63) is 54.1 Å². The first-order chi connectivity index (χ1) is 11.2. The Kier molecular flexibility index (Phi) is 4.51. The summed E-state index contributed by atoms with van der Waals surface area (Å²) in [5, 5.41) is 0. The molecule has 2 aromatic rings. The van der Waals surface area contributed by atoms with E-state index in [9.17, 15) is 4.79 Å². The predicted octanol–water partition coefficient (Wildman–Crippen LogP) is 3.44. The van der Waals surface area contributed by atoms with Crippen LogP contribution in [-0.4, -0.2) is 25.7 Å². The molecule has 4 nitrogen and oxygen atoms in total. The van der Waals surface area contributed by atoms with E-state index in [0.717, 1.165) is 25.1 Å². The lowest BCUT2D eigenvalue weighted by Crippen LogP contribution is -2.43. The van der Waals surface area contributed by atoms with Crippen LogP contribution in [0.2, 0.25) is 0 Å². The molecule has 0 radical (unpaired) electrons. The maximum atomic E-state index is 12.8. The van der Waals surface area contributed by atoms with Crippen LogP contribution in [0.4, 0.5) is 5.69 Å². The van der Waals surface area contributed by atoms with Crippen molar-refractivity contribution >= 4 is 11.6 Å². The van der Waals surface area contributed by atoms with Crippen LogP contribution in [0.15, 0.2) is 48.5 Å². The van der Waals surface area contributed by atoms with Gasteiger partial charge in [0.15, 0.2) is 6.10 Å². The molecule has 0 fully saturated rings. The molecule has 0 saturated heterocycles. The van der Waals surface area contributed by atoms with Gasteiger partial charge in [0.2, 0.25) is 0 Å². The smallest absolute Gasteiger partial charge is 0.267 e. The second kappa shape index (κ2) is 6.73. The fraction of sp³-hybridized carbons (Fsp3) is 0.316. The van der Waals surface area contributed by atoms with Crippen LogP contribution in [-0.2, 0) is 11.2 Å². The number of para-hydroxylation sites is 1. The Hall–Kier alpha value is -2.49. The van der Waals surface area contributed by atoms with Gasteiger partial charge >= 0.3 is 0 Å². The number of aryl methyl sites for hydroxylation is 1. The summed E-state index contributed by atoms with van der Waals surface area (Å²) in [7, 11) is 1.61. The molecule has 1 amide bonds. The van der Waals surface area contributed by atoms with E-state index in [1.165, 1.54) is 5.56 Å². The van der Waals surface area contributed by atoms with Crippen LogP contribution in [0.1, 0.15) is 18.9 Å². The molecular weight excluding hydrogens is 290 g/mol. The Bertz CT molecular complexity index is 699. The highest BCUT2D eigenvalue weighted by Crippen LogP contribution is 2.28. The van der Waals surface area contributed by atoms with E-state index in [2.05, 4.69) is 6.07 Å². The molecule has 1 aliphatic rings. The Balaban J connectivity index is 1.75. The van der Waals surface area contributed by atoms with Gasteiger partial charge in [-0.2, -0.15) is 0 Å². The SMILES string of the molecule is COc1cccc(O[C@@H](C)C(=O)N2CCCc3ccccc32)c1. The van der Waals surface area contributed by atoms with Gasteiger partial charge in [-0.15, -0.1) is 0 Å². The summed E-state index contributed by atoms with van der Waals surface area (Å²) in [5.74, 6) is 1.33. The van der Waals surface area contributed by atoms with Gasteiger partial charge in [0.1, 0.15) is 11.5 Å². The molecule has 0 bridgehead atoms. The zero-order chi connectivity index (χ0) is 16.2. The van der Waals surface area contributed by atoms with Crippen LogP contribution in [0, 0.1) is 0 Å². The number of carbonyl (C=O) groups excluding carboxylic acids is 1. The highest BCUT2D eigenvalue weighted by atomic mass is 16.5. The van der Waals surface area contributed by atoms with Crippen molar-refractivity contribution in [2.45, 2.75) is 25.9 Å².